The molecule has 2 aliphatic rings. The molecule has 6 heteroatoms. The Balaban J connectivity index is 0.000000861. The van der Waals surface area contributed by atoms with Gasteiger partial charge in [-0.1, -0.05) is 58.0 Å². The maximum absolute atomic E-state index is 12.9. The van der Waals surface area contributed by atoms with Crippen LogP contribution < -0.4 is 5.69 Å². The fourth-order valence-electron chi connectivity index (χ4n) is 5.51. The fraction of sp³-hybridized carbons (Fsp3) is 0.533. The molecular weight excluding hydrogens is 448 g/mol. The van der Waals surface area contributed by atoms with Crippen LogP contribution in [0.15, 0.2) is 53.3 Å². The van der Waals surface area contributed by atoms with Crippen LogP contribution in [-0.4, -0.2) is 50.5 Å². The van der Waals surface area contributed by atoms with Crippen LogP contribution in [0, 0.1) is 0 Å². The Morgan fingerprint density at radius 1 is 0.889 bits per heavy atom. The number of piperidine rings is 1. The smallest absolute Gasteiger partial charge is 0.329 e. The standard InChI is InChI=1S/C26H32N4O2.2C2H6/c1-19(8-7-15-29-18-20-9-3-4-10-22(20)25(29)31)28-16-13-21(14-17-28)30-24-12-6-5-11-23(24)27(2)26(30)32;2*1-2/h3-6,9-12,19,21H,7-8,13-18H2,1-2H3;2*1-2H3. The number of aryl methyl sites for hydroxylation is 1. The number of carbonyl (C=O) groups excluding carboxylic acids is 1. The molecule has 0 bridgehead atoms. The number of likely N-dealkylation sites (tertiary alicyclic amines) is 1. The SMILES string of the molecule is CC.CC.CC(CCCN1Cc2ccccc2C1=O)N1CCC(n2c(=O)n(C)c3ccccc32)CC1. The average Bonchev–Trinajstić information content (AvgIpc) is 3.39. The van der Waals surface area contributed by atoms with Gasteiger partial charge in [0, 0.05) is 50.9 Å². The highest BCUT2D eigenvalue weighted by Gasteiger charge is 2.28. The minimum Gasteiger partial charge on any atom is -0.334 e. The molecule has 0 N–H and O–H groups in total. The van der Waals surface area contributed by atoms with Gasteiger partial charge < -0.3 is 9.80 Å². The molecule has 2 aliphatic heterocycles. The molecule has 1 unspecified atom stereocenters. The molecule has 1 aromatic heterocycles. The largest absolute Gasteiger partial charge is 0.334 e. The van der Waals surface area contributed by atoms with Crippen LogP contribution in [0.4, 0.5) is 0 Å². The molecule has 0 saturated carbocycles. The second-order valence-electron chi connectivity index (χ2n) is 9.34. The summed E-state index contributed by atoms with van der Waals surface area (Å²) in [5.74, 6) is 0.176. The average molecular weight is 493 g/mol. The van der Waals surface area contributed by atoms with Crippen molar-refractivity contribution in [3.05, 3.63) is 70.1 Å². The van der Waals surface area contributed by atoms with E-state index in [2.05, 4.69) is 24.0 Å². The van der Waals surface area contributed by atoms with E-state index in [9.17, 15) is 9.59 Å². The van der Waals surface area contributed by atoms with Crippen LogP contribution in [-0.2, 0) is 13.6 Å². The number of nitrogens with zero attached hydrogens (tertiary/aromatic N) is 4. The summed E-state index contributed by atoms with van der Waals surface area (Å²) >= 11 is 0. The van der Waals surface area contributed by atoms with Crippen LogP contribution in [0.1, 0.15) is 82.3 Å². The van der Waals surface area contributed by atoms with Crippen LogP contribution >= 0.6 is 0 Å². The highest BCUT2D eigenvalue weighted by Crippen LogP contribution is 2.27. The van der Waals surface area contributed by atoms with E-state index in [0.717, 1.165) is 74.0 Å². The first-order valence-electron chi connectivity index (χ1n) is 13.8. The van der Waals surface area contributed by atoms with Gasteiger partial charge in [0.25, 0.3) is 5.91 Å². The van der Waals surface area contributed by atoms with Gasteiger partial charge in [-0.15, -0.1) is 0 Å². The monoisotopic (exact) mass is 492 g/mol. The molecule has 5 rings (SSSR count). The van der Waals surface area contributed by atoms with Crippen molar-refractivity contribution in [3.63, 3.8) is 0 Å². The van der Waals surface area contributed by atoms with E-state index in [0.29, 0.717) is 6.04 Å². The van der Waals surface area contributed by atoms with E-state index in [1.54, 1.807) is 4.57 Å². The highest BCUT2D eigenvalue weighted by molar-refractivity contribution is 5.98. The molecule has 3 heterocycles. The number of para-hydroxylation sites is 2. The summed E-state index contributed by atoms with van der Waals surface area (Å²) < 4.78 is 3.77. The van der Waals surface area contributed by atoms with E-state index >= 15 is 0 Å². The lowest BCUT2D eigenvalue weighted by Crippen LogP contribution is -2.42. The van der Waals surface area contributed by atoms with Gasteiger partial charge in [0.15, 0.2) is 0 Å². The zero-order chi connectivity index (χ0) is 26.2. The lowest BCUT2D eigenvalue weighted by molar-refractivity contribution is 0.0766. The third kappa shape index (κ3) is 5.59. The Kier molecular flexibility index (Phi) is 9.94. The Bertz CT molecular complexity index is 1190. The zero-order valence-corrected chi connectivity index (χ0v) is 23.0. The first-order chi connectivity index (χ1) is 17.5. The van der Waals surface area contributed by atoms with E-state index in [-0.39, 0.29) is 17.6 Å². The summed E-state index contributed by atoms with van der Waals surface area (Å²) in [6.07, 6.45) is 4.10. The molecule has 2 aromatic carbocycles. The lowest BCUT2D eigenvalue weighted by Gasteiger charge is -2.36. The number of benzene rings is 2. The lowest BCUT2D eigenvalue weighted by atomic mass is 10.0. The van der Waals surface area contributed by atoms with Gasteiger partial charge >= 0.3 is 5.69 Å². The van der Waals surface area contributed by atoms with Crippen LogP contribution in [0.3, 0.4) is 0 Å². The summed E-state index contributed by atoms with van der Waals surface area (Å²) in [6, 6.07) is 16.8. The number of hydrogen-bond acceptors (Lipinski definition) is 3. The first kappa shape index (κ1) is 27.7. The van der Waals surface area contributed by atoms with Crippen molar-refractivity contribution in [3.8, 4) is 0 Å². The maximum atomic E-state index is 12.9. The van der Waals surface area contributed by atoms with Gasteiger partial charge in [0.05, 0.1) is 11.0 Å². The first-order valence-corrected chi connectivity index (χ1v) is 13.8. The molecule has 1 atom stereocenters. The van der Waals surface area contributed by atoms with Gasteiger partial charge in [-0.2, -0.15) is 0 Å². The van der Waals surface area contributed by atoms with Crippen LogP contribution in [0.25, 0.3) is 11.0 Å². The van der Waals surface area contributed by atoms with Gasteiger partial charge in [-0.25, -0.2) is 4.79 Å². The van der Waals surface area contributed by atoms with E-state index in [4.69, 9.17) is 0 Å². The number of rotatable bonds is 6. The van der Waals surface area contributed by atoms with Gasteiger partial charge in [-0.05, 0) is 56.4 Å². The predicted molar refractivity (Wildman–Crippen MR) is 150 cm³/mol. The molecule has 36 heavy (non-hydrogen) atoms. The molecular formula is C30H44N4O2. The third-order valence-corrected chi connectivity index (χ3v) is 7.43. The quantitative estimate of drug-likeness (QED) is 0.433. The molecule has 3 aromatic rings. The second kappa shape index (κ2) is 12.9. The molecule has 0 aliphatic carbocycles. The molecule has 6 nitrogen and oxygen atoms in total. The van der Waals surface area contributed by atoms with Crippen molar-refractivity contribution >= 4 is 16.9 Å². The maximum Gasteiger partial charge on any atom is 0.329 e. The van der Waals surface area contributed by atoms with Gasteiger partial charge in [0.2, 0.25) is 0 Å². The predicted octanol–water partition coefficient (Wildman–Crippen LogP) is 5.85. The van der Waals surface area contributed by atoms with Crippen LogP contribution in [0.5, 0.6) is 0 Å². The summed E-state index contributed by atoms with van der Waals surface area (Å²) in [5.41, 5.74) is 4.16. The number of hydrogen-bond donors (Lipinski definition) is 0. The number of amides is 1. The number of aromatic nitrogens is 2. The second-order valence-corrected chi connectivity index (χ2v) is 9.34. The van der Waals surface area contributed by atoms with E-state index in [1.807, 2.05) is 80.6 Å². The molecule has 1 fully saturated rings. The van der Waals surface area contributed by atoms with Crippen molar-refractivity contribution in [2.45, 2.75) is 78.9 Å². The molecule has 1 saturated heterocycles. The molecule has 1 amide bonds. The van der Waals surface area contributed by atoms with Crippen molar-refractivity contribution in [2.75, 3.05) is 19.6 Å². The fourth-order valence-corrected chi connectivity index (χ4v) is 5.51. The molecule has 0 radical (unpaired) electrons. The van der Waals surface area contributed by atoms with Crippen molar-refractivity contribution in [2.24, 2.45) is 7.05 Å². The summed E-state index contributed by atoms with van der Waals surface area (Å²) in [6.45, 7) is 13.9. The minimum absolute atomic E-state index is 0.0916. The van der Waals surface area contributed by atoms with Gasteiger partial charge in [0.1, 0.15) is 0 Å². The third-order valence-electron chi connectivity index (χ3n) is 7.43. The Morgan fingerprint density at radius 2 is 1.50 bits per heavy atom. The van der Waals surface area contributed by atoms with Crippen LogP contribution in [0.2, 0.25) is 0 Å². The number of fused-ring (bicyclic) bond motifs is 2. The normalized spacial score (nSPS) is 16.7. The number of imidazole rings is 1. The summed E-state index contributed by atoms with van der Waals surface area (Å²) in [7, 11) is 1.86. The van der Waals surface area contributed by atoms with Crippen molar-refractivity contribution in [1.29, 1.82) is 0 Å². The molecule has 196 valence electrons. The van der Waals surface area contributed by atoms with E-state index < -0.39 is 0 Å². The van der Waals surface area contributed by atoms with Crippen molar-refractivity contribution in [1.82, 2.24) is 18.9 Å². The zero-order valence-electron chi connectivity index (χ0n) is 23.0. The number of carbonyl (C=O) groups is 1. The Labute approximate surface area is 216 Å². The van der Waals surface area contributed by atoms with E-state index in [1.165, 1.54) is 0 Å². The highest BCUT2D eigenvalue weighted by atomic mass is 16.2. The summed E-state index contributed by atoms with van der Waals surface area (Å²) in [5, 5.41) is 0. The Hall–Kier alpha value is -2.86. The summed E-state index contributed by atoms with van der Waals surface area (Å²) in [4.78, 5) is 29.9. The molecule has 0 spiro atoms. The van der Waals surface area contributed by atoms with Gasteiger partial charge in [-0.3, -0.25) is 13.9 Å². The minimum atomic E-state index is 0.0916. The van der Waals surface area contributed by atoms with Crippen molar-refractivity contribution < 1.29 is 4.79 Å². The topological polar surface area (TPSA) is 50.5 Å². The Morgan fingerprint density at radius 3 is 2.17 bits per heavy atom.